The van der Waals surface area contributed by atoms with Gasteiger partial charge in [-0.15, -0.1) is 0 Å². The number of nitrogens with one attached hydrogen (secondary N) is 2. The Hall–Kier alpha value is -3.82. The number of carbonyl (C=O) groups is 1. The number of aromatic nitrogens is 3. The van der Waals surface area contributed by atoms with Gasteiger partial charge in [-0.25, -0.2) is 23.7 Å². The van der Waals surface area contributed by atoms with Gasteiger partial charge in [0.25, 0.3) is 0 Å². The van der Waals surface area contributed by atoms with E-state index in [9.17, 15) is 9.18 Å². The Morgan fingerprint density at radius 3 is 2.56 bits per heavy atom. The van der Waals surface area contributed by atoms with Crippen LogP contribution in [-0.4, -0.2) is 39.0 Å². The standard InChI is InChI=1S/C24H26F2N6O2/c1-13(2)32-12-24(4,5)34-22-17(25)8-15(9-19(22)32)21-18(26)11-28-23(31-21)30-20-7-6-16(10-27-20)29-14(3)33/h6-11,13H,12H2,1-5H3,(H,29,33)(H,27,28,30,31). The van der Waals surface area contributed by atoms with E-state index in [0.717, 1.165) is 6.20 Å². The van der Waals surface area contributed by atoms with E-state index in [1.54, 1.807) is 18.2 Å². The number of fused-ring (bicyclic) bond motifs is 1. The molecule has 0 saturated carbocycles. The summed E-state index contributed by atoms with van der Waals surface area (Å²) in [5.74, 6) is -0.862. The average Bonchev–Trinajstić information content (AvgIpc) is 2.75. The maximum Gasteiger partial charge on any atom is 0.229 e. The number of hydrogen-bond donors (Lipinski definition) is 2. The van der Waals surface area contributed by atoms with Crippen LogP contribution in [0.1, 0.15) is 34.6 Å². The number of benzene rings is 1. The van der Waals surface area contributed by atoms with Gasteiger partial charge in [0.15, 0.2) is 17.4 Å². The molecule has 0 saturated heterocycles. The molecule has 1 aromatic carbocycles. The van der Waals surface area contributed by atoms with Crippen molar-refractivity contribution in [2.24, 2.45) is 0 Å². The van der Waals surface area contributed by atoms with Gasteiger partial charge >= 0.3 is 0 Å². The zero-order valence-corrected chi connectivity index (χ0v) is 19.6. The molecule has 0 spiro atoms. The van der Waals surface area contributed by atoms with Crippen LogP contribution in [0.25, 0.3) is 11.3 Å². The van der Waals surface area contributed by atoms with Crippen LogP contribution < -0.4 is 20.3 Å². The van der Waals surface area contributed by atoms with Crippen molar-refractivity contribution in [1.29, 1.82) is 0 Å². The smallest absolute Gasteiger partial charge is 0.229 e. The van der Waals surface area contributed by atoms with Crippen molar-refractivity contribution in [3.63, 3.8) is 0 Å². The quantitative estimate of drug-likeness (QED) is 0.550. The number of amides is 1. The fourth-order valence-corrected chi connectivity index (χ4v) is 3.78. The Morgan fingerprint density at radius 1 is 1.15 bits per heavy atom. The minimum Gasteiger partial charge on any atom is -0.481 e. The van der Waals surface area contributed by atoms with Crippen LogP contribution in [0.4, 0.5) is 31.9 Å². The molecule has 10 heteroatoms. The molecule has 34 heavy (non-hydrogen) atoms. The topological polar surface area (TPSA) is 92.3 Å². The zero-order chi connectivity index (χ0) is 24.6. The number of pyridine rings is 1. The van der Waals surface area contributed by atoms with Crippen molar-refractivity contribution in [2.45, 2.75) is 46.3 Å². The Morgan fingerprint density at radius 2 is 1.91 bits per heavy atom. The summed E-state index contributed by atoms with van der Waals surface area (Å²) in [5, 5.41) is 5.52. The highest BCUT2D eigenvalue weighted by Crippen LogP contribution is 2.42. The summed E-state index contributed by atoms with van der Waals surface area (Å²) in [6.07, 6.45) is 2.49. The first-order valence-electron chi connectivity index (χ1n) is 10.9. The van der Waals surface area contributed by atoms with E-state index in [1.807, 2.05) is 32.6 Å². The number of rotatable bonds is 5. The lowest BCUT2D eigenvalue weighted by Crippen LogP contribution is -2.49. The number of hydrogen-bond acceptors (Lipinski definition) is 7. The van der Waals surface area contributed by atoms with Gasteiger partial charge in [0, 0.05) is 18.5 Å². The van der Waals surface area contributed by atoms with Crippen LogP contribution in [0.3, 0.4) is 0 Å². The molecule has 8 nitrogen and oxygen atoms in total. The molecule has 0 bridgehead atoms. The number of halogens is 2. The predicted octanol–water partition coefficient (Wildman–Crippen LogP) is 4.90. The maximum absolute atomic E-state index is 15.1. The largest absolute Gasteiger partial charge is 0.481 e. The van der Waals surface area contributed by atoms with Crippen molar-refractivity contribution in [2.75, 3.05) is 22.1 Å². The van der Waals surface area contributed by atoms with Gasteiger partial charge in [-0.3, -0.25) is 4.79 Å². The Labute approximate surface area is 196 Å². The molecule has 0 aliphatic carbocycles. The van der Waals surface area contributed by atoms with Crippen LogP contribution in [0, 0.1) is 11.6 Å². The molecule has 2 aromatic heterocycles. The van der Waals surface area contributed by atoms with Crippen LogP contribution >= 0.6 is 0 Å². The lowest BCUT2D eigenvalue weighted by Gasteiger charge is -2.43. The predicted molar refractivity (Wildman–Crippen MR) is 126 cm³/mol. The van der Waals surface area contributed by atoms with Gasteiger partial charge in [-0.05, 0) is 52.0 Å². The molecule has 1 aliphatic heterocycles. The second-order valence-electron chi connectivity index (χ2n) is 9.02. The van der Waals surface area contributed by atoms with Crippen molar-refractivity contribution >= 4 is 29.0 Å². The van der Waals surface area contributed by atoms with E-state index in [0.29, 0.717) is 23.7 Å². The molecule has 3 aromatic rings. The van der Waals surface area contributed by atoms with E-state index in [1.165, 1.54) is 19.2 Å². The first-order valence-corrected chi connectivity index (χ1v) is 10.9. The van der Waals surface area contributed by atoms with Gasteiger partial charge in [-0.2, -0.15) is 0 Å². The van der Waals surface area contributed by atoms with E-state index in [2.05, 4.69) is 25.6 Å². The minimum absolute atomic E-state index is 0.0531. The second kappa shape index (κ2) is 8.85. The van der Waals surface area contributed by atoms with Gasteiger partial charge in [0.2, 0.25) is 11.9 Å². The molecule has 1 amide bonds. The molecule has 2 N–H and O–H groups in total. The van der Waals surface area contributed by atoms with Crippen molar-refractivity contribution in [3.05, 3.63) is 48.3 Å². The summed E-state index contributed by atoms with van der Waals surface area (Å²) in [4.78, 5) is 25.6. The Kier molecular flexibility index (Phi) is 6.07. The first kappa shape index (κ1) is 23.3. The van der Waals surface area contributed by atoms with Crippen LogP contribution in [0.5, 0.6) is 5.75 Å². The van der Waals surface area contributed by atoms with Crippen molar-refractivity contribution in [1.82, 2.24) is 15.0 Å². The van der Waals surface area contributed by atoms with Crippen LogP contribution in [0.2, 0.25) is 0 Å². The summed E-state index contributed by atoms with van der Waals surface area (Å²) in [5.41, 5.74) is 0.722. The number of anilines is 4. The summed E-state index contributed by atoms with van der Waals surface area (Å²) in [6, 6.07) is 6.26. The molecule has 0 radical (unpaired) electrons. The molecular weight excluding hydrogens is 442 g/mol. The monoisotopic (exact) mass is 468 g/mol. The molecule has 178 valence electrons. The SMILES string of the molecule is CC(=O)Nc1ccc(Nc2ncc(F)c(-c3cc(F)c4c(c3)N(C(C)C)CC(C)(C)O4)n2)nc1. The third kappa shape index (κ3) is 4.90. The fourth-order valence-electron chi connectivity index (χ4n) is 3.78. The minimum atomic E-state index is -0.688. The molecular formula is C24H26F2N6O2. The lowest BCUT2D eigenvalue weighted by molar-refractivity contribution is -0.114. The van der Waals surface area contributed by atoms with E-state index < -0.39 is 17.2 Å². The van der Waals surface area contributed by atoms with E-state index in [4.69, 9.17) is 4.74 Å². The van der Waals surface area contributed by atoms with Gasteiger partial charge in [-0.1, -0.05) is 0 Å². The molecule has 1 aliphatic rings. The zero-order valence-electron chi connectivity index (χ0n) is 19.6. The third-order valence-corrected chi connectivity index (χ3v) is 5.23. The molecule has 0 unspecified atom stereocenters. The summed E-state index contributed by atoms with van der Waals surface area (Å²) in [7, 11) is 0. The van der Waals surface area contributed by atoms with Crippen LogP contribution in [-0.2, 0) is 4.79 Å². The number of nitrogens with zero attached hydrogens (tertiary/aromatic N) is 4. The summed E-state index contributed by atoms with van der Waals surface area (Å²) >= 11 is 0. The summed E-state index contributed by atoms with van der Waals surface area (Å²) in [6.45, 7) is 9.77. The molecule has 3 heterocycles. The Balaban J connectivity index is 1.68. The van der Waals surface area contributed by atoms with E-state index in [-0.39, 0.29) is 34.9 Å². The van der Waals surface area contributed by atoms with Gasteiger partial charge < -0.3 is 20.3 Å². The Bertz CT molecular complexity index is 1230. The fraction of sp³-hybridized carbons (Fsp3) is 0.333. The van der Waals surface area contributed by atoms with Crippen LogP contribution in [0.15, 0.2) is 36.7 Å². The van der Waals surface area contributed by atoms with Crippen molar-refractivity contribution in [3.8, 4) is 17.0 Å². The van der Waals surface area contributed by atoms with E-state index >= 15 is 4.39 Å². The lowest BCUT2D eigenvalue weighted by atomic mass is 10.0. The van der Waals surface area contributed by atoms with Gasteiger partial charge in [0.1, 0.15) is 17.1 Å². The van der Waals surface area contributed by atoms with Crippen molar-refractivity contribution < 1.29 is 18.3 Å². The number of carbonyl (C=O) groups excluding carboxylic acids is 1. The maximum atomic E-state index is 15.1. The normalized spacial score (nSPS) is 14.4. The summed E-state index contributed by atoms with van der Waals surface area (Å²) < 4.78 is 35.8. The molecule has 0 atom stereocenters. The molecule has 0 fully saturated rings. The first-order chi connectivity index (χ1) is 16.0. The van der Waals surface area contributed by atoms with Gasteiger partial charge in [0.05, 0.1) is 30.3 Å². The molecule has 4 rings (SSSR count). The third-order valence-electron chi connectivity index (χ3n) is 5.23. The highest BCUT2D eigenvalue weighted by atomic mass is 19.1. The average molecular weight is 469 g/mol. The second-order valence-corrected chi connectivity index (χ2v) is 9.02. The highest BCUT2D eigenvalue weighted by Gasteiger charge is 2.35. The number of ether oxygens (including phenoxy) is 1. The highest BCUT2D eigenvalue weighted by molar-refractivity contribution is 5.88.